The zero-order chi connectivity index (χ0) is 26.6. The molecule has 1 aliphatic rings. The highest BCUT2D eigenvalue weighted by Gasteiger charge is 2.22. The molecule has 0 unspecified atom stereocenters. The average molecular weight is 528 g/mol. The normalized spacial score (nSPS) is 14.2. The molecule has 1 saturated carbocycles. The Morgan fingerprint density at radius 1 is 1.05 bits per heavy atom. The highest BCUT2D eigenvalue weighted by molar-refractivity contribution is 5.72. The van der Waals surface area contributed by atoms with E-state index in [1.165, 1.54) is 4.57 Å². The lowest BCUT2D eigenvalue weighted by Crippen LogP contribution is -2.43. The first-order chi connectivity index (χ1) is 18.4. The van der Waals surface area contributed by atoms with Crippen LogP contribution in [0.25, 0.3) is 22.6 Å². The minimum atomic E-state index is -3.07. The first-order valence-electron chi connectivity index (χ1n) is 12.7. The summed E-state index contributed by atoms with van der Waals surface area (Å²) in [6.07, 6.45) is 4.87. The van der Waals surface area contributed by atoms with Crippen LogP contribution in [0.15, 0.2) is 43.3 Å². The Bertz CT molecular complexity index is 1590. The van der Waals surface area contributed by atoms with Crippen LogP contribution in [0.5, 0.6) is 0 Å². The van der Waals surface area contributed by atoms with E-state index in [1.54, 1.807) is 24.4 Å². The third-order valence-electron chi connectivity index (χ3n) is 6.92. The van der Waals surface area contributed by atoms with Gasteiger partial charge in [-0.2, -0.15) is 4.98 Å². The highest BCUT2D eigenvalue weighted by Crippen LogP contribution is 2.28. The van der Waals surface area contributed by atoms with Crippen molar-refractivity contribution < 1.29 is 13.3 Å². The summed E-state index contributed by atoms with van der Waals surface area (Å²) in [5, 5.41) is 3.95. The van der Waals surface area contributed by atoms with Gasteiger partial charge in [0.1, 0.15) is 11.2 Å². The lowest BCUT2D eigenvalue weighted by atomic mass is 10.0. The molecule has 1 N–H and O–H groups in total. The number of nitrogens with one attached hydrogen (secondary N) is 1. The standard InChI is InChI=1S/C25H27F2N7O4/c26-20(27)21-30-18-19(22(35)31-21)33(14-11-15-7-1-2-8-15)25(37)34(24(18)36)13-6-4-10-17-29-23(38-32-17)16-9-3-5-12-28-16/h3,5,9,12,15,20H,1-2,4,6-8,10-11,13-14H2,(H,30,31,35). The van der Waals surface area contributed by atoms with E-state index in [0.29, 0.717) is 49.0 Å². The van der Waals surface area contributed by atoms with Gasteiger partial charge in [-0.3, -0.25) is 23.7 Å². The van der Waals surface area contributed by atoms with Crippen LogP contribution in [0.4, 0.5) is 8.78 Å². The molecule has 4 aromatic rings. The topological polar surface area (TPSA) is 142 Å². The van der Waals surface area contributed by atoms with Crippen molar-refractivity contribution in [1.82, 2.24) is 34.2 Å². The molecule has 0 bridgehead atoms. The highest BCUT2D eigenvalue weighted by atomic mass is 19.3. The van der Waals surface area contributed by atoms with E-state index in [9.17, 15) is 23.2 Å². The number of alkyl halides is 2. The maximum absolute atomic E-state index is 13.4. The largest absolute Gasteiger partial charge is 0.332 e. The fraction of sp³-hybridized carbons (Fsp3) is 0.480. The van der Waals surface area contributed by atoms with Crippen molar-refractivity contribution >= 4 is 11.0 Å². The number of halogens is 2. The van der Waals surface area contributed by atoms with Gasteiger partial charge in [0.05, 0.1) is 0 Å². The van der Waals surface area contributed by atoms with Crippen LogP contribution in [-0.4, -0.2) is 34.2 Å². The van der Waals surface area contributed by atoms with Gasteiger partial charge in [-0.05, 0) is 37.3 Å². The number of aromatic nitrogens is 7. The fourth-order valence-corrected chi connectivity index (χ4v) is 4.96. The first kappa shape index (κ1) is 25.6. The van der Waals surface area contributed by atoms with Gasteiger partial charge in [0, 0.05) is 25.7 Å². The second-order valence-electron chi connectivity index (χ2n) is 9.47. The molecular weight excluding hydrogens is 500 g/mol. The van der Waals surface area contributed by atoms with Crippen molar-refractivity contribution in [2.24, 2.45) is 5.92 Å². The van der Waals surface area contributed by atoms with Crippen molar-refractivity contribution in [1.29, 1.82) is 0 Å². The van der Waals surface area contributed by atoms with Crippen LogP contribution in [0.1, 0.15) is 63.0 Å². The molecule has 4 heterocycles. The second kappa shape index (κ2) is 11.2. The number of rotatable bonds is 10. The molecule has 0 aliphatic heterocycles. The summed E-state index contributed by atoms with van der Waals surface area (Å²) in [7, 11) is 0. The molecule has 11 nitrogen and oxygen atoms in total. The van der Waals surface area contributed by atoms with Gasteiger partial charge in [-0.15, -0.1) is 0 Å². The maximum Gasteiger partial charge on any atom is 0.331 e. The second-order valence-corrected chi connectivity index (χ2v) is 9.47. The number of pyridine rings is 1. The molecule has 0 radical (unpaired) electrons. The molecule has 4 aromatic heterocycles. The molecule has 0 atom stereocenters. The fourth-order valence-electron chi connectivity index (χ4n) is 4.96. The number of H-pyrrole nitrogens is 1. The molecule has 0 aromatic carbocycles. The molecule has 0 amide bonds. The quantitative estimate of drug-likeness (QED) is 0.310. The van der Waals surface area contributed by atoms with Gasteiger partial charge in [0.15, 0.2) is 17.2 Å². The Balaban J connectivity index is 1.38. The van der Waals surface area contributed by atoms with Gasteiger partial charge in [0.2, 0.25) is 0 Å². The van der Waals surface area contributed by atoms with Crippen LogP contribution >= 0.6 is 0 Å². The molecule has 38 heavy (non-hydrogen) atoms. The Labute approximate surface area is 214 Å². The van der Waals surface area contributed by atoms with Gasteiger partial charge in [0.25, 0.3) is 23.4 Å². The summed E-state index contributed by atoms with van der Waals surface area (Å²) in [6, 6.07) is 5.33. The lowest BCUT2D eigenvalue weighted by molar-refractivity contribution is 0.140. The predicted octanol–water partition coefficient (Wildman–Crippen LogP) is 3.23. The molecular formula is C25H27F2N7O4. The van der Waals surface area contributed by atoms with Gasteiger partial charge < -0.3 is 9.51 Å². The van der Waals surface area contributed by atoms with E-state index in [4.69, 9.17) is 4.52 Å². The van der Waals surface area contributed by atoms with Crippen LogP contribution in [0.2, 0.25) is 0 Å². The zero-order valence-corrected chi connectivity index (χ0v) is 20.6. The van der Waals surface area contributed by atoms with E-state index in [-0.39, 0.29) is 18.6 Å². The van der Waals surface area contributed by atoms with Crippen molar-refractivity contribution in [3.8, 4) is 11.6 Å². The SMILES string of the molecule is O=c1[nH]c(C(F)F)nc2c(=O)n(CCCCc3noc(-c4ccccn4)n3)c(=O)n(CCC3CCCC3)c12. The number of hydrogen-bond acceptors (Lipinski definition) is 8. The summed E-state index contributed by atoms with van der Waals surface area (Å²) in [4.78, 5) is 53.5. The van der Waals surface area contributed by atoms with Gasteiger partial charge >= 0.3 is 5.69 Å². The lowest BCUT2D eigenvalue weighted by Gasteiger charge is -2.15. The Hall–Kier alpha value is -4.03. The molecule has 0 saturated heterocycles. The number of unbranched alkanes of at least 4 members (excludes halogenated alkanes) is 1. The predicted molar refractivity (Wildman–Crippen MR) is 133 cm³/mol. The monoisotopic (exact) mass is 527 g/mol. The summed E-state index contributed by atoms with van der Waals surface area (Å²) in [5.41, 5.74) is -2.54. The minimum absolute atomic E-state index is 0.0282. The Morgan fingerprint density at radius 3 is 2.61 bits per heavy atom. The summed E-state index contributed by atoms with van der Waals surface area (Å²) >= 11 is 0. The van der Waals surface area contributed by atoms with Crippen molar-refractivity contribution in [3.05, 3.63) is 67.2 Å². The number of aromatic amines is 1. The zero-order valence-electron chi connectivity index (χ0n) is 20.6. The molecule has 13 heteroatoms. The van der Waals surface area contributed by atoms with Gasteiger partial charge in [-0.1, -0.05) is 36.9 Å². The van der Waals surface area contributed by atoms with Crippen molar-refractivity contribution in [2.75, 3.05) is 0 Å². The Morgan fingerprint density at radius 2 is 1.87 bits per heavy atom. The Kier molecular flexibility index (Phi) is 7.52. The smallest absolute Gasteiger partial charge is 0.331 e. The van der Waals surface area contributed by atoms with E-state index in [1.807, 2.05) is 4.98 Å². The van der Waals surface area contributed by atoms with Crippen LogP contribution in [0.3, 0.4) is 0 Å². The summed E-state index contributed by atoms with van der Waals surface area (Å²) < 4.78 is 34.1. The number of aryl methyl sites for hydroxylation is 2. The van der Waals surface area contributed by atoms with E-state index in [2.05, 4.69) is 20.1 Å². The first-order valence-corrected chi connectivity index (χ1v) is 12.7. The molecule has 1 aliphatic carbocycles. The summed E-state index contributed by atoms with van der Waals surface area (Å²) in [5.74, 6) is 0.270. The number of fused-ring (bicyclic) bond motifs is 1. The third-order valence-corrected chi connectivity index (χ3v) is 6.92. The maximum atomic E-state index is 13.4. The van der Waals surface area contributed by atoms with Crippen LogP contribution in [0, 0.1) is 5.92 Å². The van der Waals surface area contributed by atoms with E-state index < -0.39 is 34.6 Å². The number of nitrogens with zero attached hydrogens (tertiary/aromatic N) is 6. The van der Waals surface area contributed by atoms with Crippen LogP contribution in [-0.2, 0) is 19.5 Å². The van der Waals surface area contributed by atoms with Gasteiger partial charge in [-0.25, -0.2) is 18.6 Å². The summed E-state index contributed by atoms with van der Waals surface area (Å²) in [6.45, 7) is 0.235. The molecule has 5 rings (SSSR count). The van der Waals surface area contributed by atoms with E-state index in [0.717, 1.165) is 30.3 Å². The molecule has 1 fully saturated rings. The average Bonchev–Trinajstić information content (AvgIpc) is 3.61. The minimum Gasteiger partial charge on any atom is -0.332 e. The van der Waals surface area contributed by atoms with Crippen LogP contribution < -0.4 is 16.8 Å². The van der Waals surface area contributed by atoms with E-state index >= 15 is 0 Å². The molecule has 0 spiro atoms. The van der Waals surface area contributed by atoms with Crippen molar-refractivity contribution in [3.63, 3.8) is 0 Å². The molecule has 200 valence electrons. The van der Waals surface area contributed by atoms with Crippen molar-refractivity contribution in [2.45, 2.75) is 70.9 Å². The number of hydrogen-bond donors (Lipinski definition) is 1. The third kappa shape index (κ3) is 5.31.